The minimum absolute atomic E-state index is 0.0925. The molecule has 1 atom stereocenters. The number of amides is 1. The third-order valence-electron chi connectivity index (χ3n) is 3.12. The first kappa shape index (κ1) is 14.8. The third-order valence-corrected chi connectivity index (χ3v) is 3.12. The van der Waals surface area contributed by atoms with E-state index in [4.69, 9.17) is 9.84 Å². The molecule has 5 heteroatoms. The Morgan fingerprint density at radius 1 is 1.19 bits per heavy atom. The predicted octanol–water partition coefficient (Wildman–Crippen LogP) is 2.06. The maximum atomic E-state index is 11.6. The third kappa shape index (κ3) is 4.21. The Hall–Kier alpha value is -2.56. The minimum atomic E-state index is -0.939. The number of rotatable bonds is 6. The molecule has 0 spiro atoms. The highest BCUT2D eigenvalue weighted by molar-refractivity contribution is 5.84. The van der Waals surface area contributed by atoms with Crippen molar-refractivity contribution in [1.82, 2.24) is 5.32 Å². The highest BCUT2D eigenvalue weighted by Crippen LogP contribution is 2.20. The van der Waals surface area contributed by atoms with Crippen molar-refractivity contribution >= 4 is 22.6 Å². The Labute approximate surface area is 122 Å². The average Bonchev–Trinajstić information content (AvgIpc) is 2.50. The van der Waals surface area contributed by atoms with Crippen LogP contribution in [-0.4, -0.2) is 30.1 Å². The zero-order chi connectivity index (χ0) is 15.2. The minimum Gasteiger partial charge on any atom is -0.484 e. The monoisotopic (exact) mass is 287 g/mol. The van der Waals surface area contributed by atoms with Crippen LogP contribution in [-0.2, 0) is 9.59 Å². The lowest BCUT2D eigenvalue weighted by molar-refractivity contribution is -0.141. The van der Waals surface area contributed by atoms with Crippen LogP contribution in [0.25, 0.3) is 10.8 Å². The van der Waals surface area contributed by atoms with Crippen molar-refractivity contribution in [2.75, 3.05) is 13.2 Å². The number of carbonyl (C=O) groups excluding carboxylic acids is 1. The number of nitrogens with one attached hydrogen (secondary N) is 1. The van der Waals surface area contributed by atoms with Gasteiger partial charge in [-0.15, -0.1) is 0 Å². The summed E-state index contributed by atoms with van der Waals surface area (Å²) in [6.07, 6.45) is 0. The number of hydrogen-bond donors (Lipinski definition) is 2. The fourth-order valence-electron chi connectivity index (χ4n) is 1.81. The van der Waals surface area contributed by atoms with Gasteiger partial charge in [0.15, 0.2) is 6.61 Å². The Bertz CT molecular complexity index is 654. The zero-order valence-electron chi connectivity index (χ0n) is 11.7. The van der Waals surface area contributed by atoms with E-state index < -0.39 is 11.9 Å². The van der Waals surface area contributed by atoms with Gasteiger partial charge in [0, 0.05) is 6.54 Å². The molecule has 110 valence electrons. The number of hydrogen-bond acceptors (Lipinski definition) is 3. The van der Waals surface area contributed by atoms with E-state index in [-0.39, 0.29) is 19.1 Å². The predicted molar refractivity (Wildman–Crippen MR) is 79.3 cm³/mol. The molecule has 0 aliphatic rings. The lowest BCUT2D eigenvalue weighted by atomic mass is 10.1. The van der Waals surface area contributed by atoms with E-state index in [9.17, 15) is 9.59 Å². The Kier molecular flexibility index (Phi) is 4.77. The number of benzene rings is 2. The van der Waals surface area contributed by atoms with E-state index in [1.165, 1.54) is 6.92 Å². The first-order valence-corrected chi connectivity index (χ1v) is 6.67. The van der Waals surface area contributed by atoms with E-state index in [2.05, 4.69) is 5.32 Å². The van der Waals surface area contributed by atoms with Crippen molar-refractivity contribution in [2.45, 2.75) is 6.92 Å². The number of ether oxygens (including phenoxy) is 1. The van der Waals surface area contributed by atoms with Gasteiger partial charge in [0.05, 0.1) is 5.92 Å². The molecule has 1 unspecified atom stereocenters. The largest absolute Gasteiger partial charge is 0.484 e. The normalized spacial score (nSPS) is 11.9. The van der Waals surface area contributed by atoms with Crippen LogP contribution in [0.2, 0.25) is 0 Å². The van der Waals surface area contributed by atoms with Crippen molar-refractivity contribution in [3.05, 3.63) is 42.5 Å². The van der Waals surface area contributed by atoms with Crippen LogP contribution in [0.3, 0.4) is 0 Å². The molecule has 1 amide bonds. The summed E-state index contributed by atoms with van der Waals surface area (Å²) in [6.45, 7) is 1.49. The molecule has 0 bridgehead atoms. The topological polar surface area (TPSA) is 75.6 Å². The molecular formula is C16H17NO4. The summed E-state index contributed by atoms with van der Waals surface area (Å²) < 4.78 is 5.41. The van der Waals surface area contributed by atoms with E-state index >= 15 is 0 Å². The fraction of sp³-hybridized carbons (Fsp3) is 0.250. The van der Waals surface area contributed by atoms with Crippen LogP contribution in [0.5, 0.6) is 5.75 Å². The molecule has 0 aliphatic heterocycles. The standard InChI is InChI=1S/C16H17NO4/c1-11(16(19)20)9-17-15(18)10-21-14-7-6-12-4-2-3-5-13(12)8-14/h2-8,11H,9-10H2,1H3,(H,17,18)(H,19,20). The molecule has 0 aliphatic carbocycles. The fourth-order valence-corrected chi connectivity index (χ4v) is 1.81. The van der Waals surface area contributed by atoms with Gasteiger partial charge in [0.2, 0.25) is 0 Å². The Morgan fingerprint density at radius 3 is 2.62 bits per heavy atom. The number of carboxylic acids is 1. The quantitative estimate of drug-likeness (QED) is 0.852. The lowest BCUT2D eigenvalue weighted by Gasteiger charge is -2.10. The van der Waals surface area contributed by atoms with E-state index in [1.807, 2.05) is 36.4 Å². The molecule has 0 saturated carbocycles. The van der Waals surface area contributed by atoms with Gasteiger partial charge >= 0.3 is 5.97 Å². The molecule has 2 aromatic carbocycles. The van der Waals surface area contributed by atoms with Gasteiger partial charge in [-0.1, -0.05) is 37.3 Å². The molecule has 21 heavy (non-hydrogen) atoms. The van der Waals surface area contributed by atoms with Crippen LogP contribution in [0.1, 0.15) is 6.92 Å². The van der Waals surface area contributed by atoms with Gasteiger partial charge in [-0.3, -0.25) is 9.59 Å². The van der Waals surface area contributed by atoms with Gasteiger partial charge in [-0.05, 0) is 22.9 Å². The second-order valence-corrected chi connectivity index (χ2v) is 4.84. The number of aliphatic carboxylic acids is 1. The number of fused-ring (bicyclic) bond motifs is 1. The van der Waals surface area contributed by atoms with Gasteiger partial charge in [0.25, 0.3) is 5.91 Å². The van der Waals surface area contributed by atoms with Crippen molar-refractivity contribution in [3.63, 3.8) is 0 Å². The summed E-state index contributed by atoms with van der Waals surface area (Å²) >= 11 is 0. The smallest absolute Gasteiger partial charge is 0.308 e. The van der Waals surface area contributed by atoms with Crippen LogP contribution in [0.4, 0.5) is 0 Å². The van der Waals surface area contributed by atoms with Gasteiger partial charge in [0.1, 0.15) is 5.75 Å². The molecule has 0 aromatic heterocycles. The molecule has 2 rings (SSSR count). The first-order valence-electron chi connectivity index (χ1n) is 6.67. The summed E-state index contributed by atoms with van der Waals surface area (Å²) in [5.41, 5.74) is 0. The highest BCUT2D eigenvalue weighted by Gasteiger charge is 2.12. The molecule has 0 radical (unpaired) electrons. The average molecular weight is 287 g/mol. The summed E-state index contributed by atoms with van der Waals surface area (Å²) in [6, 6.07) is 13.5. The highest BCUT2D eigenvalue weighted by atomic mass is 16.5. The van der Waals surface area contributed by atoms with Crippen LogP contribution < -0.4 is 10.1 Å². The Morgan fingerprint density at radius 2 is 1.90 bits per heavy atom. The summed E-state index contributed by atoms with van der Waals surface area (Å²) in [5, 5.41) is 13.4. The van der Waals surface area contributed by atoms with Gasteiger partial charge < -0.3 is 15.2 Å². The molecular weight excluding hydrogens is 270 g/mol. The molecule has 2 N–H and O–H groups in total. The van der Waals surface area contributed by atoms with Crippen LogP contribution >= 0.6 is 0 Å². The molecule has 0 heterocycles. The SMILES string of the molecule is CC(CNC(=O)COc1ccc2ccccc2c1)C(=O)O. The summed E-state index contributed by atoms with van der Waals surface area (Å²) in [4.78, 5) is 22.2. The molecule has 2 aromatic rings. The van der Waals surface area contributed by atoms with Crippen molar-refractivity contribution < 1.29 is 19.4 Å². The number of carboxylic acid groups (broad SMARTS) is 1. The molecule has 5 nitrogen and oxygen atoms in total. The van der Waals surface area contributed by atoms with Gasteiger partial charge in [-0.25, -0.2) is 0 Å². The summed E-state index contributed by atoms with van der Waals surface area (Å²) in [5.74, 6) is -1.29. The van der Waals surface area contributed by atoms with Crippen molar-refractivity contribution in [2.24, 2.45) is 5.92 Å². The van der Waals surface area contributed by atoms with Crippen LogP contribution in [0.15, 0.2) is 42.5 Å². The molecule has 0 saturated heterocycles. The van der Waals surface area contributed by atoms with E-state index in [0.29, 0.717) is 5.75 Å². The summed E-state index contributed by atoms with van der Waals surface area (Å²) in [7, 11) is 0. The van der Waals surface area contributed by atoms with E-state index in [1.54, 1.807) is 6.07 Å². The van der Waals surface area contributed by atoms with Gasteiger partial charge in [-0.2, -0.15) is 0 Å². The Balaban J connectivity index is 1.86. The maximum Gasteiger partial charge on any atom is 0.308 e. The lowest BCUT2D eigenvalue weighted by Crippen LogP contribution is -2.34. The number of carbonyl (C=O) groups is 2. The maximum absolute atomic E-state index is 11.6. The van der Waals surface area contributed by atoms with Crippen molar-refractivity contribution in [3.8, 4) is 5.75 Å². The second kappa shape index (κ2) is 6.74. The van der Waals surface area contributed by atoms with Crippen molar-refractivity contribution in [1.29, 1.82) is 0 Å². The second-order valence-electron chi connectivity index (χ2n) is 4.84. The van der Waals surface area contributed by atoms with Crippen LogP contribution in [0, 0.1) is 5.92 Å². The first-order chi connectivity index (χ1) is 10.1. The molecule has 0 fully saturated rings. The van der Waals surface area contributed by atoms with E-state index in [0.717, 1.165) is 10.8 Å². The zero-order valence-corrected chi connectivity index (χ0v) is 11.7.